The molecule has 152 valence electrons. The van der Waals surface area contributed by atoms with Gasteiger partial charge < -0.3 is 10.2 Å². The molecule has 29 heavy (non-hydrogen) atoms. The molecule has 7 nitrogen and oxygen atoms in total. The molecule has 2 aromatic rings. The van der Waals surface area contributed by atoms with Crippen molar-refractivity contribution in [3.8, 4) is 0 Å². The van der Waals surface area contributed by atoms with Crippen molar-refractivity contribution in [1.82, 2.24) is 20.7 Å². The molecule has 3 N–H and O–H groups in total. The zero-order chi connectivity index (χ0) is 20.2. The van der Waals surface area contributed by atoms with Crippen LogP contribution in [0.5, 0.6) is 0 Å². The number of hydrogen-bond acceptors (Lipinski definition) is 5. The number of carbonyl (C=O) groups is 2. The fraction of sp³-hybridized carbons (Fsp3) is 0.381. The van der Waals surface area contributed by atoms with Gasteiger partial charge >= 0.3 is 0 Å². The first kappa shape index (κ1) is 20.0. The van der Waals surface area contributed by atoms with Crippen LogP contribution in [0, 0.1) is 11.8 Å². The summed E-state index contributed by atoms with van der Waals surface area (Å²) in [5.74, 6) is 0.119. The quantitative estimate of drug-likeness (QED) is 0.656. The molecule has 2 aliphatic rings. The maximum atomic E-state index is 13.2. The number of anilines is 1. The zero-order valence-corrected chi connectivity index (χ0v) is 17.6. The van der Waals surface area contributed by atoms with Crippen molar-refractivity contribution < 1.29 is 9.59 Å². The SMILES string of the molecule is O=C(Nc1ccc(Br)cn1)C1CCCN(C(=O)C2CNNC2c2ccccc2)C1. The number of aromatic nitrogens is 1. The van der Waals surface area contributed by atoms with Crippen LogP contribution >= 0.6 is 15.9 Å². The van der Waals surface area contributed by atoms with Crippen LogP contribution in [0.25, 0.3) is 0 Å². The van der Waals surface area contributed by atoms with Gasteiger partial charge in [-0.15, -0.1) is 0 Å². The van der Waals surface area contributed by atoms with Crippen LogP contribution in [0.1, 0.15) is 24.4 Å². The second-order valence-electron chi connectivity index (χ2n) is 7.49. The number of piperidine rings is 1. The van der Waals surface area contributed by atoms with Crippen molar-refractivity contribution in [2.24, 2.45) is 11.8 Å². The van der Waals surface area contributed by atoms with Gasteiger partial charge in [-0.05, 0) is 46.5 Å². The molecule has 2 saturated heterocycles. The largest absolute Gasteiger partial charge is 0.342 e. The average molecular weight is 458 g/mol. The highest BCUT2D eigenvalue weighted by Gasteiger charge is 2.38. The third kappa shape index (κ3) is 4.66. The minimum Gasteiger partial charge on any atom is -0.342 e. The van der Waals surface area contributed by atoms with E-state index in [1.54, 1.807) is 12.3 Å². The fourth-order valence-electron chi connectivity index (χ4n) is 4.01. The molecule has 3 atom stereocenters. The number of hydrazine groups is 1. The lowest BCUT2D eigenvalue weighted by Gasteiger charge is -2.34. The maximum absolute atomic E-state index is 13.2. The first-order chi connectivity index (χ1) is 14.1. The standard InChI is InChI=1S/C21H24BrN5O2/c22-16-8-9-18(23-11-16)25-20(28)15-7-4-10-27(13-15)21(29)17-12-24-26-19(17)14-5-2-1-3-6-14/h1-3,5-6,8-9,11,15,17,19,24,26H,4,7,10,12-13H2,(H,23,25,28). The second-order valence-corrected chi connectivity index (χ2v) is 8.41. The normalized spacial score (nSPS) is 24.3. The molecule has 1 aromatic carbocycles. The summed E-state index contributed by atoms with van der Waals surface area (Å²) in [6.45, 7) is 1.71. The summed E-state index contributed by atoms with van der Waals surface area (Å²) in [7, 11) is 0. The van der Waals surface area contributed by atoms with E-state index in [2.05, 4.69) is 37.1 Å². The number of carbonyl (C=O) groups excluding carboxylic acids is 2. The molecule has 2 fully saturated rings. The molecule has 0 spiro atoms. The minimum absolute atomic E-state index is 0.0649. The summed E-state index contributed by atoms with van der Waals surface area (Å²) < 4.78 is 0.858. The molecular formula is C21H24BrN5O2. The third-order valence-corrected chi connectivity index (χ3v) is 6.01. The van der Waals surface area contributed by atoms with E-state index in [0.717, 1.165) is 22.9 Å². The molecule has 0 saturated carbocycles. The molecule has 1 aromatic heterocycles. The van der Waals surface area contributed by atoms with Crippen LogP contribution in [-0.2, 0) is 9.59 Å². The van der Waals surface area contributed by atoms with E-state index in [9.17, 15) is 9.59 Å². The fourth-order valence-corrected chi connectivity index (χ4v) is 4.24. The molecule has 8 heteroatoms. The number of amides is 2. The highest BCUT2D eigenvalue weighted by Crippen LogP contribution is 2.28. The van der Waals surface area contributed by atoms with Crippen molar-refractivity contribution in [3.63, 3.8) is 0 Å². The van der Waals surface area contributed by atoms with Gasteiger partial charge in [0.2, 0.25) is 11.8 Å². The van der Waals surface area contributed by atoms with Crippen LogP contribution in [0.2, 0.25) is 0 Å². The highest BCUT2D eigenvalue weighted by molar-refractivity contribution is 9.10. The number of hydrogen-bond donors (Lipinski definition) is 3. The number of likely N-dealkylation sites (tertiary alicyclic amines) is 1. The molecule has 3 heterocycles. The van der Waals surface area contributed by atoms with E-state index in [4.69, 9.17) is 0 Å². The van der Waals surface area contributed by atoms with Gasteiger partial charge in [-0.1, -0.05) is 30.3 Å². The Morgan fingerprint density at radius 1 is 1.17 bits per heavy atom. The molecule has 0 radical (unpaired) electrons. The first-order valence-electron chi connectivity index (χ1n) is 9.86. The topological polar surface area (TPSA) is 86.4 Å². The summed E-state index contributed by atoms with van der Waals surface area (Å²) in [6, 6.07) is 13.5. The van der Waals surface area contributed by atoms with Gasteiger partial charge in [0, 0.05) is 30.3 Å². The second kappa shape index (κ2) is 9.02. The van der Waals surface area contributed by atoms with Crippen molar-refractivity contribution in [2.75, 3.05) is 25.0 Å². The number of rotatable bonds is 4. The molecule has 2 amide bonds. The van der Waals surface area contributed by atoms with Gasteiger partial charge in [-0.3, -0.25) is 15.0 Å². The van der Waals surface area contributed by atoms with Crippen molar-refractivity contribution in [3.05, 3.63) is 58.7 Å². The predicted molar refractivity (Wildman–Crippen MR) is 114 cm³/mol. The van der Waals surface area contributed by atoms with Crippen molar-refractivity contribution in [1.29, 1.82) is 0 Å². The third-order valence-electron chi connectivity index (χ3n) is 5.54. The lowest BCUT2D eigenvalue weighted by atomic mass is 9.91. The van der Waals surface area contributed by atoms with Crippen LogP contribution in [-0.4, -0.2) is 41.3 Å². The van der Waals surface area contributed by atoms with Gasteiger partial charge in [0.15, 0.2) is 0 Å². The molecule has 0 aliphatic carbocycles. The minimum atomic E-state index is -0.226. The zero-order valence-electron chi connectivity index (χ0n) is 16.0. The summed E-state index contributed by atoms with van der Waals surface area (Å²) in [5.41, 5.74) is 7.44. The van der Waals surface area contributed by atoms with E-state index in [1.165, 1.54) is 0 Å². The van der Waals surface area contributed by atoms with E-state index in [0.29, 0.717) is 25.5 Å². The maximum Gasteiger partial charge on any atom is 0.230 e. The summed E-state index contributed by atoms with van der Waals surface area (Å²) in [4.78, 5) is 32.0. The van der Waals surface area contributed by atoms with Gasteiger partial charge in [-0.2, -0.15) is 0 Å². The van der Waals surface area contributed by atoms with Crippen LogP contribution in [0.3, 0.4) is 0 Å². The van der Waals surface area contributed by atoms with Gasteiger partial charge in [0.05, 0.1) is 17.9 Å². The lowest BCUT2D eigenvalue weighted by molar-refractivity contribution is -0.138. The monoisotopic (exact) mass is 457 g/mol. The van der Waals surface area contributed by atoms with Crippen LogP contribution < -0.4 is 16.2 Å². The van der Waals surface area contributed by atoms with E-state index < -0.39 is 0 Å². The Bertz CT molecular complexity index is 861. The first-order valence-corrected chi connectivity index (χ1v) is 10.7. The van der Waals surface area contributed by atoms with Crippen molar-refractivity contribution in [2.45, 2.75) is 18.9 Å². The number of nitrogens with zero attached hydrogens (tertiary/aromatic N) is 2. The lowest BCUT2D eigenvalue weighted by Crippen LogP contribution is -2.47. The average Bonchev–Trinajstić information content (AvgIpc) is 3.25. The summed E-state index contributed by atoms with van der Waals surface area (Å²) in [6.07, 6.45) is 3.24. The summed E-state index contributed by atoms with van der Waals surface area (Å²) >= 11 is 3.34. The Labute approximate surface area is 178 Å². The number of nitrogens with one attached hydrogen (secondary N) is 3. The van der Waals surface area contributed by atoms with Crippen LogP contribution in [0.4, 0.5) is 5.82 Å². The Hall–Kier alpha value is -2.29. The highest BCUT2D eigenvalue weighted by atomic mass is 79.9. The predicted octanol–water partition coefficient (Wildman–Crippen LogP) is 2.49. The Kier molecular flexibility index (Phi) is 6.22. The molecular weight excluding hydrogens is 434 g/mol. The van der Waals surface area contributed by atoms with E-state index in [-0.39, 0.29) is 29.7 Å². The Balaban J connectivity index is 1.40. The molecule has 0 bridgehead atoms. The summed E-state index contributed by atoms with van der Waals surface area (Å²) in [5, 5.41) is 2.87. The molecule has 3 unspecified atom stereocenters. The Morgan fingerprint density at radius 3 is 2.76 bits per heavy atom. The number of pyridine rings is 1. The smallest absolute Gasteiger partial charge is 0.230 e. The van der Waals surface area contributed by atoms with Gasteiger partial charge in [0.1, 0.15) is 5.82 Å². The van der Waals surface area contributed by atoms with Crippen molar-refractivity contribution >= 4 is 33.6 Å². The van der Waals surface area contributed by atoms with Crippen LogP contribution in [0.15, 0.2) is 53.1 Å². The molecule has 2 aliphatic heterocycles. The van der Waals surface area contributed by atoms with Gasteiger partial charge in [-0.25, -0.2) is 10.4 Å². The number of benzene rings is 1. The van der Waals surface area contributed by atoms with Gasteiger partial charge in [0.25, 0.3) is 0 Å². The molecule has 4 rings (SSSR count). The van der Waals surface area contributed by atoms with E-state index >= 15 is 0 Å². The Morgan fingerprint density at radius 2 is 2.00 bits per heavy atom. The number of halogens is 1. The van der Waals surface area contributed by atoms with E-state index in [1.807, 2.05) is 41.3 Å².